The predicted octanol–water partition coefficient (Wildman–Crippen LogP) is 8.46. The smallest absolute Gasteiger partial charge is 0.271 e. The maximum atomic E-state index is 12.6. The number of thiazole rings is 1. The molecule has 2 N–H and O–H groups in total. The van der Waals surface area contributed by atoms with Gasteiger partial charge in [0.1, 0.15) is 12.4 Å². The number of aryl methyl sites for hydroxylation is 1. The Bertz CT molecular complexity index is 1640. The highest BCUT2D eigenvalue weighted by atomic mass is 127. The summed E-state index contributed by atoms with van der Waals surface area (Å²) in [5.41, 5.74) is 8.81. The van der Waals surface area contributed by atoms with Gasteiger partial charge in [-0.25, -0.2) is 10.4 Å². The number of carbonyl (C=O) groups excluding carboxylic acids is 1. The standard InChI is InChI=1S/C31H24ClIN4O2S/c1-20-2-13-26(14-3-20)35-31-36-28(19-40-31)23-7-9-24(10-8-23)30(38)37-34-17-22-6-15-29(27(32)16-22)39-18-21-4-11-25(33)12-5-21/h2-17,19H,18H2,1H3,(H,35,36)(H,37,38)/b34-17-. The lowest BCUT2D eigenvalue weighted by atomic mass is 10.1. The van der Waals surface area contributed by atoms with E-state index in [0.29, 0.717) is 22.9 Å². The summed E-state index contributed by atoms with van der Waals surface area (Å²) in [5, 5.41) is 10.7. The highest BCUT2D eigenvalue weighted by Crippen LogP contribution is 2.28. The molecule has 4 aromatic carbocycles. The molecule has 0 aliphatic rings. The van der Waals surface area contributed by atoms with Gasteiger partial charge in [-0.05, 0) is 95.2 Å². The largest absolute Gasteiger partial charge is 0.487 e. The van der Waals surface area contributed by atoms with Gasteiger partial charge in [0.05, 0.1) is 16.9 Å². The lowest BCUT2D eigenvalue weighted by molar-refractivity contribution is 0.0955. The van der Waals surface area contributed by atoms with E-state index in [0.717, 1.165) is 33.2 Å². The molecule has 0 saturated heterocycles. The van der Waals surface area contributed by atoms with Gasteiger partial charge in [-0.1, -0.05) is 53.6 Å². The van der Waals surface area contributed by atoms with Crippen molar-refractivity contribution in [2.24, 2.45) is 5.10 Å². The fourth-order valence-electron chi connectivity index (χ4n) is 3.70. The zero-order valence-electron chi connectivity index (χ0n) is 21.4. The van der Waals surface area contributed by atoms with Crippen LogP contribution < -0.4 is 15.5 Å². The molecule has 5 aromatic rings. The summed E-state index contributed by atoms with van der Waals surface area (Å²) in [4.78, 5) is 17.2. The van der Waals surface area contributed by atoms with Crippen LogP contribution in [0.25, 0.3) is 11.3 Å². The second-order valence-corrected chi connectivity index (χ2v) is 11.4. The van der Waals surface area contributed by atoms with E-state index in [4.69, 9.17) is 16.3 Å². The Morgan fingerprint density at radius 1 is 1.02 bits per heavy atom. The number of rotatable bonds is 9. The lowest BCUT2D eigenvalue weighted by Gasteiger charge is -2.09. The summed E-state index contributed by atoms with van der Waals surface area (Å²) >= 11 is 10.2. The Hall–Kier alpha value is -3.73. The average molecular weight is 679 g/mol. The molecule has 200 valence electrons. The highest BCUT2D eigenvalue weighted by Gasteiger charge is 2.09. The van der Waals surface area contributed by atoms with Crippen molar-refractivity contribution in [3.8, 4) is 17.0 Å². The van der Waals surface area contributed by atoms with Gasteiger partial charge in [0.25, 0.3) is 5.91 Å². The van der Waals surface area contributed by atoms with Crippen molar-refractivity contribution in [3.05, 3.63) is 127 Å². The number of ether oxygens (including phenoxy) is 1. The van der Waals surface area contributed by atoms with E-state index in [2.05, 4.69) is 62.5 Å². The van der Waals surface area contributed by atoms with E-state index in [1.807, 2.05) is 60.0 Å². The summed E-state index contributed by atoms with van der Waals surface area (Å²) in [6.45, 7) is 2.48. The third-order valence-electron chi connectivity index (χ3n) is 5.89. The summed E-state index contributed by atoms with van der Waals surface area (Å²) in [6, 6.07) is 28.9. The number of halogens is 2. The van der Waals surface area contributed by atoms with Gasteiger partial charge in [-0.3, -0.25) is 4.79 Å². The number of carbonyl (C=O) groups is 1. The maximum absolute atomic E-state index is 12.6. The number of nitrogens with zero attached hydrogens (tertiary/aromatic N) is 2. The van der Waals surface area contributed by atoms with Crippen LogP contribution >= 0.6 is 45.5 Å². The Morgan fingerprint density at radius 3 is 2.50 bits per heavy atom. The van der Waals surface area contributed by atoms with Crippen LogP contribution in [0.3, 0.4) is 0 Å². The van der Waals surface area contributed by atoms with Gasteiger partial charge in [0, 0.05) is 25.8 Å². The van der Waals surface area contributed by atoms with E-state index in [1.165, 1.54) is 20.5 Å². The van der Waals surface area contributed by atoms with Crippen LogP contribution in [0, 0.1) is 10.5 Å². The number of amides is 1. The first kappa shape index (κ1) is 27.8. The van der Waals surface area contributed by atoms with E-state index >= 15 is 0 Å². The number of nitrogens with one attached hydrogen (secondary N) is 2. The summed E-state index contributed by atoms with van der Waals surface area (Å²) < 4.78 is 7.01. The molecule has 9 heteroatoms. The molecule has 1 aromatic heterocycles. The summed E-state index contributed by atoms with van der Waals surface area (Å²) in [5.74, 6) is 0.269. The van der Waals surface area contributed by atoms with E-state index in [-0.39, 0.29) is 5.91 Å². The predicted molar refractivity (Wildman–Crippen MR) is 172 cm³/mol. The fraction of sp³-hybridized carbons (Fsp3) is 0.0645. The molecule has 0 aliphatic carbocycles. The molecule has 0 unspecified atom stereocenters. The quantitative estimate of drug-likeness (QED) is 0.0932. The number of hydrazone groups is 1. The average Bonchev–Trinajstić information content (AvgIpc) is 3.43. The van der Waals surface area contributed by atoms with Gasteiger partial charge < -0.3 is 10.1 Å². The lowest BCUT2D eigenvalue weighted by Crippen LogP contribution is -2.17. The molecular weight excluding hydrogens is 655 g/mol. The normalized spacial score (nSPS) is 11.0. The van der Waals surface area contributed by atoms with Crippen molar-refractivity contribution in [3.63, 3.8) is 0 Å². The Kier molecular flexibility index (Phi) is 9.10. The highest BCUT2D eigenvalue weighted by molar-refractivity contribution is 14.1. The molecule has 0 fully saturated rings. The van der Waals surface area contributed by atoms with Crippen molar-refractivity contribution in [1.82, 2.24) is 10.4 Å². The molecule has 0 radical (unpaired) electrons. The van der Waals surface area contributed by atoms with Crippen molar-refractivity contribution in [2.75, 3.05) is 5.32 Å². The maximum Gasteiger partial charge on any atom is 0.271 e. The van der Waals surface area contributed by atoms with Crippen LogP contribution in [0.1, 0.15) is 27.0 Å². The Balaban J connectivity index is 1.14. The second kappa shape index (κ2) is 13.1. The monoisotopic (exact) mass is 678 g/mol. The number of benzene rings is 4. The van der Waals surface area contributed by atoms with Gasteiger partial charge in [-0.2, -0.15) is 5.10 Å². The number of hydrogen-bond donors (Lipinski definition) is 2. The second-order valence-electron chi connectivity index (χ2n) is 8.91. The third kappa shape index (κ3) is 7.47. The molecule has 0 saturated carbocycles. The first-order chi connectivity index (χ1) is 19.4. The number of aromatic nitrogens is 1. The fourth-order valence-corrected chi connectivity index (χ4v) is 5.05. The first-order valence-corrected chi connectivity index (χ1v) is 14.7. The topological polar surface area (TPSA) is 75.6 Å². The molecule has 40 heavy (non-hydrogen) atoms. The van der Waals surface area contributed by atoms with Gasteiger partial charge >= 0.3 is 0 Å². The zero-order chi connectivity index (χ0) is 27.9. The van der Waals surface area contributed by atoms with Gasteiger partial charge in [-0.15, -0.1) is 11.3 Å². The third-order valence-corrected chi connectivity index (χ3v) is 7.67. The first-order valence-electron chi connectivity index (χ1n) is 12.3. The zero-order valence-corrected chi connectivity index (χ0v) is 25.1. The van der Waals surface area contributed by atoms with Gasteiger partial charge in [0.15, 0.2) is 5.13 Å². The summed E-state index contributed by atoms with van der Waals surface area (Å²) in [7, 11) is 0. The van der Waals surface area contributed by atoms with Gasteiger partial charge in [0.2, 0.25) is 0 Å². The SMILES string of the molecule is Cc1ccc(Nc2nc(-c3ccc(C(=O)N/N=C\c4ccc(OCc5ccc(I)cc5)c(Cl)c4)cc3)cs2)cc1. The van der Waals surface area contributed by atoms with Crippen LogP contribution in [0.15, 0.2) is 101 Å². The molecular formula is C31H24ClIN4O2S. The van der Waals surface area contributed by atoms with E-state index < -0.39 is 0 Å². The van der Waals surface area contributed by atoms with Crippen LogP contribution in [-0.2, 0) is 6.61 Å². The van der Waals surface area contributed by atoms with Crippen molar-refractivity contribution in [2.45, 2.75) is 13.5 Å². The van der Waals surface area contributed by atoms with Crippen molar-refractivity contribution < 1.29 is 9.53 Å². The van der Waals surface area contributed by atoms with E-state index in [9.17, 15) is 4.79 Å². The molecule has 0 bridgehead atoms. The molecule has 1 heterocycles. The van der Waals surface area contributed by atoms with Crippen molar-refractivity contribution in [1.29, 1.82) is 0 Å². The van der Waals surface area contributed by atoms with Crippen LogP contribution in [0.5, 0.6) is 5.75 Å². The minimum atomic E-state index is -0.314. The number of hydrogen-bond acceptors (Lipinski definition) is 6. The van der Waals surface area contributed by atoms with Crippen molar-refractivity contribution >= 4 is 68.5 Å². The molecule has 0 atom stereocenters. The molecule has 1 amide bonds. The Morgan fingerprint density at radius 2 is 1.77 bits per heavy atom. The molecule has 5 rings (SSSR count). The molecule has 6 nitrogen and oxygen atoms in total. The molecule has 0 aliphatic heterocycles. The van der Waals surface area contributed by atoms with E-state index in [1.54, 1.807) is 30.5 Å². The Labute approximate surface area is 255 Å². The van der Waals surface area contributed by atoms with Crippen LogP contribution in [0.4, 0.5) is 10.8 Å². The summed E-state index contributed by atoms with van der Waals surface area (Å²) in [6.07, 6.45) is 1.54. The van der Waals surface area contributed by atoms with Crippen LogP contribution in [-0.4, -0.2) is 17.1 Å². The minimum Gasteiger partial charge on any atom is -0.487 e. The minimum absolute atomic E-state index is 0.314. The number of anilines is 2. The molecule has 0 spiro atoms. The van der Waals surface area contributed by atoms with Crippen LogP contribution in [0.2, 0.25) is 5.02 Å².